The number of ether oxygens (including phenoxy) is 2. The highest BCUT2D eigenvalue weighted by Crippen LogP contribution is 2.45. The van der Waals surface area contributed by atoms with E-state index in [4.69, 9.17) is 21.1 Å². The summed E-state index contributed by atoms with van der Waals surface area (Å²) in [5.74, 6) is 1.60. The Morgan fingerprint density at radius 1 is 1.24 bits per heavy atom. The lowest BCUT2D eigenvalue weighted by molar-refractivity contribution is 0.350. The van der Waals surface area contributed by atoms with Crippen LogP contribution in [0.4, 0.5) is 0 Å². The van der Waals surface area contributed by atoms with Crippen molar-refractivity contribution in [2.24, 2.45) is 0 Å². The zero-order valence-corrected chi connectivity index (χ0v) is 11.4. The van der Waals surface area contributed by atoms with Crippen molar-refractivity contribution < 1.29 is 9.47 Å². The lowest BCUT2D eigenvalue weighted by Crippen LogP contribution is -2.03. The molecule has 17 heavy (non-hydrogen) atoms. The maximum absolute atomic E-state index is 6.50. The van der Waals surface area contributed by atoms with Crippen LogP contribution in [0.15, 0.2) is 6.07 Å². The number of halogens is 1. The Kier molecular flexibility index (Phi) is 3.82. The summed E-state index contributed by atoms with van der Waals surface area (Å²) >= 11 is 6.50. The van der Waals surface area contributed by atoms with Crippen LogP contribution in [-0.2, 0) is 6.42 Å². The van der Waals surface area contributed by atoms with Gasteiger partial charge in [0.2, 0.25) is 0 Å². The molecule has 0 amide bonds. The van der Waals surface area contributed by atoms with Crippen molar-refractivity contribution in [1.29, 1.82) is 0 Å². The third-order valence-corrected chi connectivity index (χ3v) is 3.93. The molecule has 0 heterocycles. The molecule has 1 aliphatic rings. The second-order valence-corrected chi connectivity index (χ2v) is 5.06. The van der Waals surface area contributed by atoms with Gasteiger partial charge in [0.05, 0.1) is 19.6 Å². The molecule has 1 aromatic carbocycles. The van der Waals surface area contributed by atoms with Crippen molar-refractivity contribution in [3.63, 3.8) is 0 Å². The van der Waals surface area contributed by atoms with E-state index in [-0.39, 0.29) is 5.38 Å². The van der Waals surface area contributed by atoms with Crippen molar-refractivity contribution in [3.8, 4) is 11.5 Å². The summed E-state index contributed by atoms with van der Waals surface area (Å²) < 4.78 is 10.9. The third-order valence-electron chi connectivity index (χ3n) is 3.49. The Morgan fingerprint density at radius 3 is 2.65 bits per heavy atom. The molecule has 0 aromatic heterocycles. The lowest BCUT2D eigenvalue weighted by Gasteiger charge is -2.20. The highest BCUT2D eigenvalue weighted by atomic mass is 35.5. The first-order chi connectivity index (χ1) is 8.19. The van der Waals surface area contributed by atoms with Crippen molar-refractivity contribution in [2.45, 2.75) is 38.0 Å². The minimum atomic E-state index is 0.0382. The average molecular weight is 255 g/mol. The van der Waals surface area contributed by atoms with Gasteiger partial charge in [0.1, 0.15) is 0 Å². The molecule has 1 aromatic rings. The van der Waals surface area contributed by atoms with E-state index in [0.29, 0.717) is 0 Å². The standard InChI is InChI=1S/C14H19ClO2/c1-9-8-12(16-2)14(17-3)13-10(9)6-4-5-7-11(13)15/h8,11H,4-7H2,1-3H3. The van der Waals surface area contributed by atoms with E-state index >= 15 is 0 Å². The van der Waals surface area contributed by atoms with Gasteiger partial charge in [0.25, 0.3) is 0 Å². The topological polar surface area (TPSA) is 18.5 Å². The molecule has 1 atom stereocenters. The third kappa shape index (κ3) is 2.23. The number of alkyl halides is 1. The largest absolute Gasteiger partial charge is 0.493 e. The van der Waals surface area contributed by atoms with Crippen molar-refractivity contribution in [2.75, 3.05) is 14.2 Å². The number of rotatable bonds is 2. The molecule has 0 bridgehead atoms. The van der Waals surface area contributed by atoms with Gasteiger partial charge in [-0.3, -0.25) is 0 Å². The van der Waals surface area contributed by atoms with Gasteiger partial charge in [0, 0.05) is 5.56 Å². The highest BCUT2D eigenvalue weighted by Gasteiger charge is 2.25. The molecule has 94 valence electrons. The highest BCUT2D eigenvalue weighted by molar-refractivity contribution is 6.21. The normalized spacial score (nSPS) is 19.4. The van der Waals surface area contributed by atoms with Gasteiger partial charge in [-0.15, -0.1) is 11.6 Å². The quantitative estimate of drug-likeness (QED) is 0.586. The minimum Gasteiger partial charge on any atom is -0.493 e. The fraction of sp³-hybridized carbons (Fsp3) is 0.571. The Bertz CT molecular complexity index is 415. The molecule has 0 saturated carbocycles. The minimum absolute atomic E-state index is 0.0382. The van der Waals surface area contributed by atoms with Gasteiger partial charge in [0.15, 0.2) is 11.5 Å². The SMILES string of the molecule is COc1cc(C)c2c(c1OC)C(Cl)CCCC2. The maximum atomic E-state index is 6.50. The molecule has 0 aliphatic heterocycles. The van der Waals surface area contributed by atoms with Crippen molar-refractivity contribution >= 4 is 11.6 Å². The second-order valence-electron chi connectivity index (χ2n) is 4.53. The van der Waals surface area contributed by atoms with Crippen LogP contribution in [0.25, 0.3) is 0 Å². The average Bonchev–Trinajstić information content (AvgIpc) is 2.52. The van der Waals surface area contributed by atoms with E-state index in [1.54, 1.807) is 14.2 Å². The van der Waals surface area contributed by atoms with Gasteiger partial charge < -0.3 is 9.47 Å². The Balaban J connectivity index is 2.64. The fourth-order valence-electron chi connectivity index (χ4n) is 2.63. The monoisotopic (exact) mass is 254 g/mol. The van der Waals surface area contributed by atoms with Crippen LogP contribution in [0.5, 0.6) is 11.5 Å². The number of aryl methyl sites for hydroxylation is 1. The van der Waals surface area contributed by atoms with Crippen LogP contribution in [-0.4, -0.2) is 14.2 Å². The fourth-order valence-corrected chi connectivity index (χ4v) is 3.01. The molecule has 0 spiro atoms. The van der Waals surface area contributed by atoms with Crippen LogP contribution >= 0.6 is 11.6 Å². The zero-order valence-electron chi connectivity index (χ0n) is 10.7. The van der Waals surface area contributed by atoms with Crippen LogP contribution < -0.4 is 9.47 Å². The predicted molar refractivity (Wildman–Crippen MR) is 70.4 cm³/mol. The number of hydrogen-bond donors (Lipinski definition) is 0. The number of hydrogen-bond acceptors (Lipinski definition) is 2. The number of fused-ring (bicyclic) bond motifs is 1. The molecule has 3 heteroatoms. The summed E-state index contributed by atoms with van der Waals surface area (Å²) in [5, 5.41) is 0.0382. The molecular weight excluding hydrogens is 236 g/mol. The molecule has 1 aliphatic carbocycles. The van der Waals surface area contributed by atoms with Crippen LogP contribution in [0.2, 0.25) is 0 Å². The van der Waals surface area contributed by atoms with E-state index in [1.165, 1.54) is 24.0 Å². The van der Waals surface area contributed by atoms with Crippen LogP contribution in [0.3, 0.4) is 0 Å². The van der Waals surface area contributed by atoms with Gasteiger partial charge in [-0.2, -0.15) is 0 Å². The van der Waals surface area contributed by atoms with Gasteiger partial charge in [-0.1, -0.05) is 6.42 Å². The van der Waals surface area contributed by atoms with Crippen LogP contribution in [0.1, 0.15) is 41.3 Å². The first-order valence-corrected chi connectivity index (χ1v) is 6.51. The Labute approximate surface area is 108 Å². The summed E-state index contributed by atoms with van der Waals surface area (Å²) in [6.07, 6.45) is 4.47. The molecule has 2 nitrogen and oxygen atoms in total. The van der Waals surface area contributed by atoms with E-state index in [0.717, 1.165) is 29.9 Å². The van der Waals surface area contributed by atoms with Crippen molar-refractivity contribution in [1.82, 2.24) is 0 Å². The molecular formula is C14H19ClO2. The molecule has 2 rings (SSSR count). The molecule has 0 saturated heterocycles. The Hall–Kier alpha value is -0.890. The van der Waals surface area contributed by atoms with Gasteiger partial charge >= 0.3 is 0 Å². The van der Waals surface area contributed by atoms with E-state index < -0.39 is 0 Å². The summed E-state index contributed by atoms with van der Waals surface area (Å²) in [4.78, 5) is 0. The molecule has 0 fully saturated rings. The van der Waals surface area contributed by atoms with Crippen molar-refractivity contribution in [3.05, 3.63) is 22.8 Å². The summed E-state index contributed by atoms with van der Waals surface area (Å²) in [7, 11) is 3.35. The summed E-state index contributed by atoms with van der Waals surface area (Å²) in [6.45, 7) is 2.12. The Morgan fingerprint density at radius 2 is 2.00 bits per heavy atom. The van der Waals surface area contributed by atoms with Crippen LogP contribution in [0, 0.1) is 6.92 Å². The van der Waals surface area contributed by atoms with E-state index in [9.17, 15) is 0 Å². The summed E-state index contributed by atoms with van der Waals surface area (Å²) in [5.41, 5.74) is 3.74. The first-order valence-electron chi connectivity index (χ1n) is 6.07. The van der Waals surface area contributed by atoms with Gasteiger partial charge in [-0.05, 0) is 43.4 Å². The summed E-state index contributed by atoms with van der Waals surface area (Å²) in [6, 6.07) is 2.05. The number of methoxy groups -OCH3 is 2. The lowest BCUT2D eigenvalue weighted by atomic mass is 9.96. The van der Waals surface area contributed by atoms with E-state index in [1.807, 2.05) is 6.07 Å². The predicted octanol–water partition coefficient (Wildman–Crippen LogP) is 4.02. The van der Waals surface area contributed by atoms with Gasteiger partial charge in [-0.25, -0.2) is 0 Å². The molecule has 0 radical (unpaired) electrons. The molecule has 1 unspecified atom stereocenters. The first kappa shape index (κ1) is 12.6. The second kappa shape index (κ2) is 5.18. The maximum Gasteiger partial charge on any atom is 0.165 e. The van der Waals surface area contributed by atoms with E-state index in [2.05, 4.69) is 6.92 Å². The smallest absolute Gasteiger partial charge is 0.165 e. The zero-order chi connectivity index (χ0) is 12.4. The number of benzene rings is 1. The molecule has 0 N–H and O–H groups in total.